The molecule has 3 rings (SSSR count). The van der Waals surface area contributed by atoms with Crippen LogP contribution >= 0.6 is 23.2 Å². The molecule has 120 valence electrons. The topological polar surface area (TPSA) is 46.5 Å². The number of halogens is 4. The standard InChI is InChI=1S/C16H10Cl2F2O3/c17-16(18)8-15(16,14(21)22)9-4-6-10(7-5-9)23-12-3-1-2-11(19)13(12)20/h1-7H,8H2,(H,21,22). The monoisotopic (exact) mass is 358 g/mol. The second-order valence-corrected chi connectivity index (χ2v) is 6.75. The van der Waals surface area contributed by atoms with E-state index in [9.17, 15) is 18.7 Å². The first kappa shape index (κ1) is 16.0. The Labute approximate surface area is 140 Å². The number of carboxylic acid groups (broad SMARTS) is 1. The molecule has 0 bridgehead atoms. The first-order valence-corrected chi connectivity index (χ1v) is 7.37. The van der Waals surface area contributed by atoms with Crippen molar-refractivity contribution in [3.8, 4) is 11.5 Å². The first-order valence-electron chi connectivity index (χ1n) is 6.61. The lowest BCUT2D eigenvalue weighted by atomic mass is 9.96. The minimum atomic E-state index is -1.37. The Morgan fingerprint density at radius 1 is 1.13 bits per heavy atom. The number of hydrogen-bond donors (Lipinski definition) is 1. The summed E-state index contributed by atoms with van der Waals surface area (Å²) in [6.45, 7) is 0. The fourth-order valence-electron chi connectivity index (χ4n) is 2.45. The van der Waals surface area contributed by atoms with Gasteiger partial charge in [-0.2, -0.15) is 4.39 Å². The van der Waals surface area contributed by atoms with Crippen molar-refractivity contribution in [3.05, 3.63) is 59.7 Å². The van der Waals surface area contributed by atoms with E-state index in [1.807, 2.05) is 0 Å². The van der Waals surface area contributed by atoms with Gasteiger partial charge in [-0.05, 0) is 29.8 Å². The number of rotatable bonds is 4. The minimum Gasteiger partial charge on any atom is -0.480 e. The SMILES string of the molecule is O=C(O)C1(c2ccc(Oc3cccc(F)c3F)cc2)CC1(Cl)Cl. The van der Waals surface area contributed by atoms with E-state index in [0.29, 0.717) is 5.56 Å². The van der Waals surface area contributed by atoms with E-state index >= 15 is 0 Å². The fraction of sp³-hybridized carbons (Fsp3) is 0.188. The summed E-state index contributed by atoms with van der Waals surface area (Å²) in [7, 11) is 0. The Morgan fingerprint density at radius 3 is 2.26 bits per heavy atom. The van der Waals surface area contributed by atoms with Crippen LogP contribution in [0.15, 0.2) is 42.5 Å². The van der Waals surface area contributed by atoms with Crippen molar-refractivity contribution in [2.24, 2.45) is 0 Å². The molecule has 1 unspecified atom stereocenters. The largest absolute Gasteiger partial charge is 0.480 e. The van der Waals surface area contributed by atoms with Gasteiger partial charge in [0.15, 0.2) is 11.6 Å². The van der Waals surface area contributed by atoms with Gasteiger partial charge in [-0.3, -0.25) is 4.79 Å². The van der Waals surface area contributed by atoms with Crippen LogP contribution < -0.4 is 4.74 Å². The van der Waals surface area contributed by atoms with E-state index in [1.165, 1.54) is 36.4 Å². The highest BCUT2D eigenvalue weighted by molar-refractivity contribution is 6.54. The van der Waals surface area contributed by atoms with Gasteiger partial charge in [-0.1, -0.05) is 41.4 Å². The zero-order valence-electron chi connectivity index (χ0n) is 11.5. The number of hydrogen-bond acceptors (Lipinski definition) is 2. The van der Waals surface area contributed by atoms with Crippen LogP contribution in [0.5, 0.6) is 11.5 Å². The normalized spacial score (nSPS) is 21.7. The number of benzene rings is 2. The Kier molecular flexibility index (Phi) is 3.73. The van der Waals surface area contributed by atoms with Gasteiger partial charge in [0.2, 0.25) is 5.82 Å². The lowest BCUT2D eigenvalue weighted by molar-refractivity contribution is -0.140. The molecule has 0 radical (unpaired) electrons. The zero-order valence-corrected chi connectivity index (χ0v) is 13.0. The summed E-state index contributed by atoms with van der Waals surface area (Å²) >= 11 is 11.9. The Bertz CT molecular complexity index is 777. The minimum absolute atomic E-state index is 0.0944. The molecule has 2 aromatic carbocycles. The average molecular weight is 359 g/mol. The zero-order chi connectivity index (χ0) is 16.8. The number of aliphatic carboxylic acids is 1. The van der Waals surface area contributed by atoms with Crippen molar-refractivity contribution in [1.29, 1.82) is 0 Å². The van der Waals surface area contributed by atoms with E-state index in [2.05, 4.69) is 0 Å². The molecule has 0 amide bonds. The Balaban J connectivity index is 1.86. The Morgan fingerprint density at radius 2 is 1.74 bits per heavy atom. The summed E-state index contributed by atoms with van der Waals surface area (Å²) in [6.07, 6.45) is 0.0944. The third-order valence-corrected chi connectivity index (χ3v) is 4.76. The summed E-state index contributed by atoms with van der Waals surface area (Å²) in [5.41, 5.74) is -0.944. The van der Waals surface area contributed by atoms with Crippen molar-refractivity contribution >= 4 is 29.2 Å². The summed E-state index contributed by atoms with van der Waals surface area (Å²) in [5.74, 6) is -3.26. The first-order chi connectivity index (χ1) is 10.8. The predicted molar refractivity (Wildman–Crippen MR) is 81.2 cm³/mol. The van der Waals surface area contributed by atoms with Crippen molar-refractivity contribution < 1.29 is 23.4 Å². The van der Waals surface area contributed by atoms with E-state index in [1.54, 1.807) is 0 Å². The van der Waals surface area contributed by atoms with Crippen LogP contribution in [0.3, 0.4) is 0 Å². The van der Waals surface area contributed by atoms with Gasteiger partial charge in [-0.15, -0.1) is 0 Å². The Hall–Kier alpha value is -1.85. The summed E-state index contributed by atoms with van der Waals surface area (Å²) in [6, 6.07) is 9.48. The summed E-state index contributed by atoms with van der Waals surface area (Å²) < 4.78 is 30.6. The van der Waals surface area contributed by atoms with Crippen LogP contribution in [-0.4, -0.2) is 15.4 Å². The van der Waals surface area contributed by atoms with Gasteiger partial charge in [0.05, 0.1) is 0 Å². The maximum atomic E-state index is 13.6. The van der Waals surface area contributed by atoms with Crippen molar-refractivity contribution in [1.82, 2.24) is 0 Å². The maximum absolute atomic E-state index is 13.6. The molecular weight excluding hydrogens is 349 g/mol. The van der Waals surface area contributed by atoms with Gasteiger partial charge < -0.3 is 9.84 Å². The molecule has 1 N–H and O–H groups in total. The molecule has 7 heteroatoms. The van der Waals surface area contributed by atoms with E-state index in [4.69, 9.17) is 27.9 Å². The molecule has 23 heavy (non-hydrogen) atoms. The molecule has 0 aliphatic heterocycles. The maximum Gasteiger partial charge on any atom is 0.317 e. The molecule has 1 aliphatic rings. The molecule has 2 aromatic rings. The molecule has 0 spiro atoms. The molecule has 1 atom stereocenters. The van der Waals surface area contributed by atoms with Crippen LogP contribution in [0.2, 0.25) is 0 Å². The molecule has 0 saturated heterocycles. The van der Waals surface area contributed by atoms with Crippen LogP contribution in [0, 0.1) is 11.6 Å². The van der Waals surface area contributed by atoms with Crippen molar-refractivity contribution in [2.45, 2.75) is 16.2 Å². The van der Waals surface area contributed by atoms with Crippen molar-refractivity contribution in [3.63, 3.8) is 0 Å². The average Bonchev–Trinajstić information content (AvgIpc) is 3.09. The lowest BCUT2D eigenvalue weighted by Crippen LogP contribution is -2.26. The number of alkyl halides is 2. The second-order valence-electron chi connectivity index (χ2n) is 5.27. The predicted octanol–water partition coefficient (Wildman–Crippen LogP) is 4.66. The molecule has 0 heterocycles. The molecule has 3 nitrogen and oxygen atoms in total. The van der Waals surface area contributed by atoms with E-state index < -0.39 is 27.4 Å². The number of ether oxygens (including phenoxy) is 1. The van der Waals surface area contributed by atoms with Crippen LogP contribution in [0.1, 0.15) is 12.0 Å². The van der Waals surface area contributed by atoms with Crippen molar-refractivity contribution in [2.75, 3.05) is 0 Å². The van der Waals surface area contributed by atoms with Crippen LogP contribution in [0.4, 0.5) is 8.78 Å². The van der Waals surface area contributed by atoms with Gasteiger partial charge >= 0.3 is 5.97 Å². The molecule has 1 aliphatic carbocycles. The quantitative estimate of drug-likeness (QED) is 0.808. The van der Waals surface area contributed by atoms with Gasteiger partial charge in [-0.25, -0.2) is 4.39 Å². The number of carbonyl (C=O) groups is 1. The van der Waals surface area contributed by atoms with Gasteiger partial charge in [0.25, 0.3) is 0 Å². The molecule has 1 fully saturated rings. The summed E-state index contributed by atoms with van der Waals surface area (Å²) in [4.78, 5) is 11.5. The third-order valence-electron chi connectivity index (χ3n) is 3.84. The smallest absolute Gasteiger partial charge is 0.317 e. The highest BCUT2D eigenvalue weighted by Crippen LogP contribution is 2.65. The highest BCUT2D eigenvalue weighted by atomic mass is 35.5. The molecular formula is C16H10Cl2F2O3. The second kappa shape index (κ2) is 5.35. The molecule has 0 aromatic heterocycles. The van der Waals surface area contributed by atoms with Gasteiger partial charge in [0.1, 0.15) is 15.5 Å². The van der Waals surface area contributed by atoms with Crippen LogP contribution in [0.25, 0.3) is 0 Å². The number of carboxylic acids is 1. The molecule has 1 saturated carbocycles. The fourth-order valence-corrected chi connectivity index (χ4v) is 3.24. The highest BCUT2D eigenvalue weighted by Gasteiger charge is 2.72. The third kappa shape index (κ3) is 2.54. The van der Waals surface area contributed by atoms with Gasteiger partial charge in [0, 0.05) is 6.42 Å². The van der Waals surface area contributed by atoms with E-state index in [-0.39, 0.29) is 17.9 Å². The van der Waals surface area contributed by atoms with Crippen LogP contribution in [-0.2, 0) is 10.2 Å². The van der Waals surface area contributed by atoms with E-state index in [0.717, 1.165) is 6.07 Å². The summed E-state index contributed by atoms with van der Waals surface area (Å²) in [5, 5.41) is 9.37. The lowest BCUT2D eigenvalue weighted by Gasteiger charge is -2.14.